The molecule has 0 saturated carbocycles. The van der Waals surface area contributed by atoms with Crippen LogP contribution in [0.2, 0.25) is 0 Å². The van der Waals surface area contributed by atoms with Gasteiger partial charge in [0.05, 0.1) is 6.61 Å². The van der Waals surface area contributed by atoms with Gasteiger partial charge in [0.1, 0.15) is 0 Å². The Hall–Kier alpha value is -0.870. The van der Waals surface area contributed by atoms with Gasteiger partial charge in [-0.2, -0.15) is 0 Å². The summed E-state index contributed by atoms with van der Waals surface area (Å²) in [6, 6.07) is 0.536. The molecule has 0 bridgehead atoms. The van der Waals surface area contributed by atoms with Crippen LogP contribution < -0.4 is 0 Å². The summed E-state index contributed by atoms with van der Waals surface area (Å²) in [7, 11) is 2.16. The van der Waals surface area contributed by atoms with E-state index in [4.69, 9.17) is 4.74 Å². The molecular formula is C13H24N2O2. The Balaban J connectivity index is 2.37. The van der Waals surface area contributed by atoms with Gasteiger partial charge in [0.2, 0.25) is 0 Å². The molecule has 0 radical (unpaired) electrons. The predicted molar refractivity (Wildman–Crippen MR) is 68.9 cm³/mol. The lowest BCUT2D eigenvalue weighted by Crippen LogP contribution is -2.37. The zero-order valence-corrected chi connectivity index (χ0v) is 11.2. The number of hydrogen-bond acceptors (Lipinski definition) is 4. The first-order valence-electron chi connectivity index (χ1n) is 6.39. The van der Waals surface area contributed by atoms with Gasteiger partial charge < -0.3 is 9.64 Å². The Morgan fingerprint density at radius 2 is 2.24 bits per heavy atom. The van der Waals surface area contributed by atoms with Crippen LogP contribution in [0.5, 0.6) is 0 Å². The SMILES string of the molecule is CCOC(=O)/C=C/CN1CCCN(C)CC1C. The fourth-order valence-electron chi connectivity index (χ4n) is 2.17. The third kappa shape index (κ3) is 5.33. The molecule has 17 heavy (non-hydrogen) atoms. The number of likely N-dealkylation sites (N-methyl/N-ethyl adjacent to an activating group) is 1. The molecule has 1 rings (SSSR count). The van der Waals surface area contributed by atoms with Crippen LogP contribution in [0.4, 0.5) is 0 Å². The smallest absolute Gasteiger partial charge is 0.330 e. The minimum absolute atomic E-state index is 0.243. The van der Waals surface area contributed by atoms with Crippen molar-refractivity contribution >= 4 is 5.97 Å². The maximum atomic E-state index is 11.2. The van der Waals surface area contributed by atoms with Crippen LogP contribution >= 0.6 is 0 Å². The van der Waals surface area contributed by atoms with E-state index in [1.165, 1.54) is 12.5 Å². The number of esters is 1. The highest BCUT2D eigenvalue weighted by atomic mass is 16.5. The van der Waals surface area contributed by atoms with E-state index in [1.807, 2.05) is 13.0 Å². The summed E-state index contributed by atoms with van der Waals surface area (Å²) in [6.45, 7) is 8.66. The number of carbonyl (C=O) groups is 1. The molecule has 98 valence electrons. The van der Waals surface area contributed by atoms with Crippen molar-refractivity contribution in [2.24, 2.45) is 0 Å². The lowest BCUT2D eigenvalue weighted by atomic mass is 10.2. The average molecular weight is 240 g/mol. The summed E-state index contributed by atoms with van der Waals surface area (Å²) >= 11 is 0. The summed E-state index contributed by atoms with van der Waals surface area (Å²) < 4.78 is 4.85. The maximum Gasteiger partial charge on any atom is 0.330 e. The number of hydrogen-bond donors (Lipinski definition) is 0. The van der Waals surface area contributed by atoms with E-state index >= 15 is 0 Å². The van der Waals surface area contributed by atoms with Crippen LogP contribution in [0, 0.1) is 0 Å². The highest BCUT2D eigenvalue weighted by Crippen LogP contribution is 2.08. The third-order valence-electron chi connectivity index (χ3n) is 3.06. The Labute approximate surface area is 104 Å². The second kappa shape index (κ2) is 7.45. The van der Waals surface area contributed by atoms with Gasteiger partial charge in [0.15, 0.2) is 0 Å². The number of carbonyl (C=O) groups excluding carboxylic acids is 1. The van der Waals surface area contributed by atoms with Crippen molar-refractivity contribution in [1.82, 2.24) is 9.80 Å². The molecule has 1 atom stereocenters. The molecule has 1 aliphatic heterocycles. The molecule has 0 aliphatic carbocycles. The minimum atomic E-state index is -0.243. The third-order valence-corrected chi connectivity index (χ3v) is 3.06. The Kier molecular flexibility index (Phi) is 6.22. The fraction of sp³-hybridized carbons (Fsp3) is 0.769. The van der Waals surface area contributed by atoms with Gasteiger partial charge in [0.25, 0.3) is 0 Å². The van der Waals surface area contributed by atoms with Crippen LogP contribution in [0.25, 0.3) is 0 Å². The van der Waals surface area contributed by atoms with Gasteiger partial charge in [-0.3, -0.25) is 4.90 Å². The molecule has 1 unspecified atom stereocenters. The second-order valence-corrected chi connectivity index (χ2v) is 4.61. The van der Waals surface area contributed by atoms with Crippen molar-refractivity contribution in [2.45, 2.75) is 26.3 Å². The Morgan fingerprint density at radius 1 is 1.47 bits per heavy atom. The molecule has 0 aromatic carbocycles. The monoisotopic (exact) mass is 240 g/mol. The molecular weight excluding hydrogens is 216 g/mol. The molecule has 4 heteroatoms. The van der Waals surface area contributed by atoms with Crippen molar-refractivity contribution in [1.29, 1.82) is 0 Å². The van der Waals surface area contributed by atoms with Gasteiger partial charge in [-0.1, -0.05) is 6.08 Å². The molecule has 1 fully saturated rings. The molecule has 4 nitrogen and oxygen atoms in total. The summed E-state index contributed by atoms with van der Waals surface area (Å²) in [5.41, 5.74) is 0. The summed E-state index contributed by atoms with van der Waals surface area (Å²) in [5, 5.41) is 0. The largest absolute Gasteiger partial charge is 0.463 e. The fourth-order valence-corrected chi connectivity index (χ4v) is 2.17. The normalized spacial score (nSPS) is 23.8. The Bertz CT molecular complexity index is 266. The number of rotatable bonds is 4. The lowest BCUT2D eigenvalue weighted by molar-refractivity contribution is -0.137. The van der Waals surface area contributed by atoms with E-state index in [0.717, 1.165) is 26.2 Å². The first-order valence-corrected chi connectivity index (χ1v) is 6.39. The molecule has 0 aromatic heterocycles. The molecule has 1 saturated heterocycles. The van der Waals surface area contributed by atoms with E-state index < -0.39 is 0 Å². The van der Waals surface area contributed by atoms with Gasteiger partial charge in [-0.05, 0) is 33.9 Å². The van der Waals surface area contributed by atoms with Crippen LogP contribution in [-0.4, -0.2) is 61.6 Å². The first kappa shape index (κ1) is 14.2. The average Bonchev–Trinajstić information content (AvgIpc) is 2.41. The van der Waals surface area contributed by atoms with Crippen LogP contribution in [0.15, 0.2) is 12.2 Å². The van der Waals surface area contributed by atoms with Gasteiger partial charge in [-0.15, -0.1) is 0 Å². The summed E-state index contributed by atoms with van der Waals surface area (Å²) in [6.07, 6.45) is 4.62. The molecule has 0 spiro atoms. The van der Waals surface area contributed by atoms with Gasteiger partial charge in [0, 0.05) is 31.8 Å². The minimum Gasteiger partial charge on any atom is -0.463 e. The Morgan fingerprint density at radius 3 is 2.94 bits per heavy atom. The predicted octanol–water partition coefficient (Wildman–Crippen LogP) is 1.13. The van der Waals surface area contributed by atoms with Crippen LogP contribution in [0.3, 0.4) is 0 Å². The molecule has 0 amide bonds. The van der Waals surface area contributed by atoms with E-state index in [9.17, 15) is 4.79 Å². The molecule has 1 aliphatic rings. The van der Waals surface area contributed by atoms with Crippen molar-refractivity contribution < 1.29 is 9.53 Å². The van der Waals surface area contributed by atoms with E-state index in [1.54, 1.807) is 0 Å². The van der Waals surface area contributed by atoms with Gasteiger partial charge >= 0.3 is 5.97 Å². The van der Waals surface area contributed by atoms with Crippen molar-refractivity contribution in [3.63, 3.8) is 0 Å². The van der Waals surface area contributed by atoms with Crippen molar-refractivity contribution in [3.8, 4) is 0 Å². The topological polar surface area (TPSA) is 32.8 Å². The summed E-state index contributed by atoms with van der Waals surface area (Å²) in [5.74, 6) is -0.243. The first-order chi connectivity index (χ1) is 8.13. The summed E-state index contributed by atoms with van der Waals surface area (Å²) in [4.78, 5) is 15.9. The highest BCUT2D eigenvalue weighted by molar-refractivity contribution is 5.81. The van der Waals surface area contributed by atoms with E-state index in [2.05, 4.69) is 23.8 Å². The highest BCUT2D eigenvalue weighted by Gasteiger charge is 2.18. The lowest BCUT2D eigenvalue weighted by Gasteiger charge is -2.26. The number of nitrogens with zero attached hydrogens (tertiary/aromatic N) is 2. The zero-order chi connectivity index (χ0) is 12.7. The number of ether oxygens (including phenoxy) is 1. The van der Waals surface area contributed by atoms with Crippen LogP contribution in [-0.2, 0) is 9.53 Å². The molecule has 0 N–H and O–H groups in total. The standard InChI is InChI=1S/C13H24N2O2/c1-4-17-13(16)7-5-9-15-10-6-8-14(3)11-12(15)2/h5,7,12H,4,6,8-11H2,1-3H3/b7-5+. The van der Waals surface area contributed by atoms with Crippen molar-refractivity contribution in [2.75, 3.05) is 39.8 Å². The van der Waals surface area contributed by atoms with E-state index in [-0.39, 0.29) is 5.97 Å². The van der Waals surface area contributed by atoms with Crippen LogP contribution in [0.1, 0.15) is 20.3 Å². The van der Waals surface area contributed by atoms with Crippen molar-refractivity contribution in [3.05, 3.63) is 12.2 Å². The van der Waals surface area contributed by atoms with E-state index in [0.29, 0.717) is 12.6 Å². The maximum absolute atomic E-state index is 11.2. The zero-order valence-electron chi connectivity index (χ0n) is 11.2. The van der Waals surface area contributed by atoms with Gasteiger partial charge in [-0.25, -0.2) is 4.79 Å². The quantitative estimate of drug-likeness (QED) is 0.545. The molecule has 0 aromatic rings. The second-order valence-electron chi connectivity index (χ2n) is 4.61. The molecule has 1 heterocycles.